The smallest absolute Gasteiger partial charge is 0.224 e. The molecular formula is C13H23NO2. The number of hydrogen-bond acceptors (Lipinski definition) is 2. The minimum absolute atomic E-state index is 0.0130. The monoisotopic (exact) mass is 225 g/mol. The molecule has 0 aromatic carbocycles. The Hall–Kier alpha value is -0.830. The Balaban J connectivity index is 2.44. The second kappa shape index (κ2) is 5.48. The van der Waals surface area contributed by atoms with Crippen LogP contribution in [0.1, 0.15) is 52.9 Å². The Morgan fingerprint density at radius 2 is 2.25 bits per heavy atom. The second-order valence-electron chi connectivity index (χ2n) is 5.23. The molecular weight excluding hydrogens is 202 g/mol. The van der Waals surface area contributed by atoms with Gasteiger partial charge < -0.3 is 10.4 Å². The maximum atomic E-state index is 11.8. The average molecular weight is 225 g/mol. The molecule has 2 N–H and O–H groups in total. The Morgan fingerprint density at radius 3 is 2.75 bits per heavy atom. The van der Waals surface area contributed by atoms with Crippen molar-refractivity contribution in [3.8, 4) is 0 Å². The third-order valence-electron chi connectivity index (χ3n) is 3.28. The van der Waals surface area contributed by atoms with E-state index in [1.807, 2.05) is 13.8 Å². The molecule has 0 aliphatic heterocycles. The summed E-state index contributed by atoms with van der Waals surface area (Å²) >= 11 is 0. The minimum Gasteiger partial charge on any atom is -0.391 e. The Morgan fingerprint density at radius 1 is 1.56 bits per heavy atom. The lowest BCUT2D eigenvalue weighted by Crippen LogP contribution is -2.51. The highest BCUT2D eigenvalue weighted by molar-refractivity contribution is 5.79. The number of aliphatic hydroxyl groups is 1. The number of amides is 1. The van der Waals surface area contributed by atoms with E-state index < -0.39 is 11.6 Å². The van der Waals surface area contributed by atoms with E-state index in [0.717, 1.165) is 12.8 Å². The van der Waals surface area contributed by atoms with Gasteiger partial charge in [-0.05, 0) is 46.5 Å². The topological polar surface area (TPSA) is 49.3 Å². The van der Waals surface area contributed by atoms with Crippen LogP contribution in [0.25, 0.3) is 0 Å². The Kier molecular flexibility index (Phi) is 4.54. The molecule has 0 saturated heterocycles. The van der Waals surface area contributed by atoms with Gasteiger partial charge in [0.05, 0.1) is 11.6 Å². The van der Waals surface area contributed by atoms with Gasteiger partial charge in [-0.25, -0.2) is 0 Å². The zero-order valence-corrected chi connectivity index (χ0v) is 10.5. The third kappa shape index (κ3) is 3.97. The predicted octanol–water partition coefficient (Wildman–Crippen LogP) is 2.15. The van der Waals surface area contributed by atoms with Crippen LogP contribution in [0.4, 0.5) is 0 Å². The molecule has 0 fully saturated rings. The van der Waals surface area contributed by atoms with E-state index in [0.29, 0.717) is 6.42 Å². The molecule has 0 bridgehead atoms. The van der Waals surface area contributed by atoms with E-state index in [2.05, 4.69) is 11.4 Å². The highest BCUT2D eigenvalue weighted by Gasteiger charge is 2.26. The minimum atomic E-state index is -0.549. The molecule has 0 aromatic rings. The van der Waals surface area contributed by atoms with Crippen LogP contribution in [-0.4, -0.2) is 22.7 Å². The summed E-state index contributed by atoms with van der Waals surface area (Å²) in [5.41, 5.74) is 0.692. The molecule has 1 rings (SSSR count). The van der Waals surface area contributed by atoms with Gasteiger partial charge in [-0.15, -0.1) is 0 Å². The van der Waals surface area contributed by atoms with E-state index >= 15 is 0 Å². The fourth-order valence-electron chi connectivity index (χ4n) is 1.78. The molecule has 16 heavy (non-hydrogen) atoms. The molecule has 1 amide bonds. The summed E-state index contributed by atoms with van der Waals surface area (Å²) in [7, 11) is 0. The van der Waals surface area contributed by atoms with Crippen LogP contribution in [0.15, 0.2) is 11.6 Å². The van der Waals surface area contributed by atoms with Crippen LogP contribution in [0.2, 0.25) is 0 Å². The van der Waals surface area contributed by atoms with Crippen molar-refractivity contribution in [2.75, 3.05) is 0 Å². The van der Waals surface area contributed by atoms with Gasteiger partial charge in [-0.1, -0.05) is 11.6 Å². The van der Waals surface area contributed by atoms with Gasteiger partial charge >= 0.3 is 0 Å². The maximum Gasteiger partial charge on any atom is 0.224 e. The van der Waals surface area contributed by atoms with Gasteiger partial charge in [0.15, 0.2) is 0 Å². The molecule has 0 heterocycles. The van der Waals surface area contributed by atoms with E-state index in [1.165, 1.54) is 18.4 Å². The summed E-state index contributed by atoms with van der Waals surface area (Å²) in [6.45, 7) is 5.37. The molecule has 1 atom stereocenters. The SMILES string of the molecule is CC(O)C(C)(C)NC(=O)CC1=CCCCC1. The van der Waals surface area contributed by atoms with Crippen LogP contribution in [0.3, 0.4) is 0 Å². The van der Waals surface area contributed by atoms with Crippen LogP contribution in [0.5, 0.6) is 0 Å². The van der Waals surface area contributed by atoms with Gasteiger partial charge in [0.1, 0.15) is 0 Å². The second-order valence-corrected chi connectivity index (χ2v) is 5.23. The number of allylic oxidation sites excluding steroid dienone is 1. The van der Waals surface area contributed by atoms with Gasteiger partial charge in [-0.2, -0.15) is 0 Å². The Labute approximate surface area is 97.9 Å². The summed E-state index contributed by atoms with van der Waals surface area (Å²) in [4.78, 5) is 11.8. The van der Waals surface area contributed by atoms with Crippen LogP contribution >= 0.6 is 0 Å². The van der Waals surface area contributed by atoms with Crippen molar-refractivity contribution in [3.63, 3.8) is 0 Å². The average Bonchev–Trinajstić information content (AvgIpc) is 2.17. The fourth-order valence-corrected chi connectivity index (χ4v) is 1.78. The van der Waals surface area contributed by atoms with Crippen molar-refractivity contribution < 1.29 is 9.90 Å². The first-order valence-corrected chi connectivity index (χ1v) is 6.09. The number of aliphatic hydroxyl groups excluding tert-OH is 1. The highest BCUT2D eigenvalue weighted by atomic mass is 16.3. The van der Waals surface area contributed by atoms with Gasteiger partial charge in [-0.3, -0.25) is 4.79 Å². The first kappa shape index (κ1) is 13.2. The first-order chi connectivity index (χ1) is 7.42. The summed E-state index contributed by atoms with van der Waals surface area (Å²) in [6, 6.07) is 0. The predicted molar refractivity (Wildman–Crippen MR) is 65.1 cm³/mol. The lowest BCUT2D eigenvalue weighted by Gasteiger charge is -2.29. The van der Waals surface area contributed by atoms with E-state index in [9.17, 15) is 9.90 Å². The van der Waals surface area contributed by atoms with Crippen molar-refractivity contribution in [3.05, 3.63) is 11.6 Å². The molecule has 0 radical (unpaired) electrons. The summed E-state index contributed by atoms with van der Waals surface area (Å²) in [6.07, 6.45) is 6.69. The lowest BCUT2D eigenvalue weighted by atomic mass is 9.95. The highest BCUT2D eigenvalue weighted by Crippen LogP contribution is 2.20. The summed E-state index contributed by atoms with van der Waals surface area (Å²) < 4.78 is 0. The zero-order valence-electron chi connectivity index (χ0n) is 10.5. The van der Waals surface area contributed by atoms with Crippen LogP contribution in [-0.2, 0) is 4.79 Å². The molecule has 1 aliphatic rings. The number of rotatable bonds is 4. The largest absolute Gasteiger partial charge is 0.391 e. The van der Waals surface area contributed by atoms with E-state index in [4.69, 9.17) is 0 Å². The molecule has 0 saturated carbocycles. The molecule has 1 aliphatic carbocycles. The summed E-state index contributed by atoms with van der Waals surface area (Å²) in [5, 5.41) is 12.4. The normalized spacial score (nSPS) is 18.9. The van der Waals surface area contributed by atoms with E-state index in [1.54, 1.807) is 6.92 Å². The number of nitrogens with one attached hydrogen (secondary N) is 1. The zero-order chi connectivity index (χ0) is 12.2. The molecule has 3 heteroatoms. The lowest BCUT2D eigenvalue weighted by molar-refractivity contribution is -0.123. The molecule has 3 nitrogen and oxygen atoms in total. The van der Waals surface area contributed by atoms with Crippen molar-refractivity contribution in [1.29, 1.82) is 0 Å². The van der Waals surface area contributed by atoms with Crippen LogP contribution < -0.4 is 5.32 Å². The molecule has 0 spiro atoms. The van der Waals surface area contributed by atoms with Crippen LogP contribution in [0, 0.1) is 0 Å². The molecule has 92 valence electrons. The van der Waals surface area contributed by atoms with Crippen molar-refractivity contribution in [2.45, 2.75) is 64.5 Å². The van der Waals surface area contributed by atoms with Gasteiger partial charge in [0.25, 0.3) is 0 Å². The maximum absolute atomic E-state index is 11.8. The third-order valence-corrected chi connectivity index (χ3v) is 3.28. The van der Waals surface area contributed by atoms with Gasteiger partial charge in [0.2, 0.25) is 5.91 Å². The number of carbonyl (C=O) groups is 1. The van der Waals surface area contributed by atoms with Gasteiger partial charge in [0, 0.05) is 6.42 Å². The van der Waals surface area contributed by atoms with Crippen molar-refractivity contribution in [2.24, 2.45) is 0 Å². The molecule has 1 unspecified atom stereocenters. The van der Waals surface area contributed by atoms with E-state index in [-0.39, 0.29) is 5.91 Å². The standard InChI is InChI=1S/C13H23NO2/c1-10(15)13(2,3)14-12(16)9-11-7-5-4-6-8-11/h7,10,15H,4-6,8-9H2,1-3H3,(H,14,16). The van der Waals surface area contributed by atoms with Crippen molar-refractivity contribution in [1.82, 2.24) is 5.32 Å². The number of hydrogen-bond donors (Lipinski definition) is 2. The summed E-state index contributed by atoms with van der Waals surface area (Å²) in [5.74, 6) is 0.0130. The fraction of sp³-hybridized carbons (Fsp3) is 0.769. The van der Waals surface area contributed by atoms with Crippen molar-refractivity contribution >= 4 is 5.91 Å². The molecule has 0 aromatic heterocycles. The quantitative estimate of drug-likeness (QED) is 0.720. The Bertz CT molecular complexity index is 280. The first-order valence-electron chi connectivity index (χ1n) is 6.09. The number of carbonyl (C=O) groups excluding carboxylic acids is 1.